The Balaban J connectivity index is 1.52. The lowest BCUT2D eigenvalue weighted by Crippen LogP contribution is -2.07. The smallest absolute Gasteiger partial charge is 0.238 e. The third-order valence-electron chi connectivity index (χ3n) is 7.75. The zero-order chi connectivity index (χ0) is 29.6. The molecular formula is C37H23F2N5. The van der Waals surface area contributed by atoms with Crippen LogP contribution in [0.5, 0.6) is 0 Å². The van der Waals surface area contributed by atoms with Crippen molar-refractivity contribution in [2.24, 2.45) is 0 Å². The number of H-pyrrole nitrogens is 1. The number of hydrogen-bond donors (Lipinski definition) is 1. The van der Waals surface area contributed by atoms with Crippen LogP contribution in [-0.4, -0.2) is 24.5 Å². The van der Waals surface area contributed by atoms with Crippen molar-refractivity contribution < 1.29 is 8.78 Å². The summed E-state index contributed by atoms with van der Waals surface area (Å²) in [5, 5.41) is 4.36. The zero-order valence-corrected chi connectivity index (χ0v) is 23.2. The van der Waals surface area contributed by atoms with E-state index in [1.807, 2.05) is 34.9 Å². The predicted molar refractivity (Wildman–Crippen MR) is 172 cm³/mol. The number of nitrogens with zero attached hydrogens (tertiary/aromatic N) is 4. The second-order valence-corrected chi connectivity index (χ2v) is 10.6. The molecule has 1 N–H and O–H groups in total. The largest absolute Gasteiger partial charge is 0.355 e. The fraction of sp³-hybridized carbons (Fsp3) is 0. The highest BCUT2D eigenvalue weighted by atomic mass is 19.1. The number of aromatic amines is 1. The Hall–Kier alpha value is -5.95. The van der Waals surface area contributed by atoms with Gasteiger partial charge in [-0.25, -0.2) is 13.8 Å². The number of benzene rings is 6. The molecule has 7 heteroatoms. The van der Waals surface area contributed by atoms with Gasteiger partial charge in [-0.05, 0) is 101 Å². The minimum absolute atomic E-state index is 0.355. The minimum Gasteiger partial charge on any atom is -0.355 e. The maximum Gasteiger partial charge on any atom is 0.238 e. The first-order valence-corrected chi connectivity index (χ1v) is 14.2. The summed E-state index contributed by atoms with van der Waals surface area (Å²) in [4.78, 5) is 18.2. The topological polar surface area (TPSA) is 59.4 Å². The molecule has 2 heterocycles. The van der Waals surface area contributed by atoms with Crippen LogP contribution in [0.2, 0.25) is 0 Å². The van der Waals surface area contributed by atoms with Crippen LogP contribution >= 0.6 is 0 Å². The van der Waals surface area contributed by atoms with Gasteiger partial charge in [-0.3, -0.25) is 4.57 Å². The van der Waals surface area contributed by atoms with Crippen molar-refractivity contribution >= 4 is 43.6 Å². The van der Waals surface area contributed by atoms with E-state index in [4.69, 9.17) is 15.0 Å². The fourth-order valence-electron chi connectivity index (χ4n) is 5.64. The van der Waals surface area contributed by atoms with E-state index in [9.17, 15) is 8.78 Å². The van der Waals surface area contributed by atoms with Gasteiger partial charge in [0.15, 0.2) is 11.6 Å². The van der Waals surface area contributed by atoms with Crippen molar-refractivity contribution in [1.82, 2.24) is 24.5 Å². The first-order valence-electron chi connectivity index (χ1n) is 14.2. The molecule has 2 aromatic heterocycles. The molecule has 0 unspecified atom stereocenters. The number of para-hydroxylation sites is 1. The molecule has 0 spiro atoms. The van der Waals surface area contributed by atoms with E-state index in [1.165, 1.54) is 24.3 Å². The highest BCUT2D eigenvalue weighted by Gasteiger charge is 2.14. The molecule has 0 atom stereocenters. The lowest BCUT2D eigenvalue weighted by atomic mass is 10.0. The summed E-state index contributed by atoms with van der Waals surface area (Å²) in [5.41, 5.74) is 4.82. The lowest BCUT2D eigenvalue weighted by Gasteiger charge is -2.13. The van der Waals surface area contributed by atoms with Crippen LogP contribution in [-0.2, 0) is 0 Å². The Labute approximate surface area is 250 Å². The average Bonchev–Trinajstić information content (AvgIpc) is 3.06. The summed E-state index contributed by atoms with van der Waals surface area (Å²) < 4.78 is 29.7. The van der Waals surface area contributed by atoms with Crippen molar-refractivity contribution in [3.8, 4) is 28.7 Å². The van der Waals surface area contributed by atoms with Crippen molar-refractivity contribution in [2.45, 2.75) is 0 Å². The molecule has 0 aliphatic rings. The molecule has 0 fully saturated rings. The van der Waals surface area contributed by atoms with Gasteiger partial charge in [0.1, 0.15) is 11.6 Å². The quantitative estimate of drug-likeness (QED) is 0.228. The molecule has 44 heavy (non-hydrogen) atoms. The zero-order valence-electron chi connectivity index (χ0n) is 23.2. The van der Waals surface area contributed by atoms with Gasteiger partial charge in [-0.2, -0.15) is 9.97 Å². The highest BCUT2D eigenvalue weighted by Crippen LogP contribution is 2.30. The summed E-state index contributed by atoms with van der Waals surface area (Å²) in [6.45, 7) is 0. The Bertz CT molecular complexity index is 2340. The van der Waals surface area contributed by atoms with E-state index >= 15 is 0 Å². The van der Waals surface area contributed by atoms with Gasteiger partial charge in [0, 0.05) is 33.1 Å². The summed E-state index contributed by atoms with van der Waals surface area (Å²) in [6.07, 6.45) is 0. The normalized spacial score (nSPS) is 11.4. The third-order valence-corrected chi connectivity index (χ3v) is 7.75. The number of nitrogens with one attached hydrogen (secondary N) is 1. The summed E-state index contributed by atoms with van der Waals surface area (Å²) in [5.74, 6) is 0.389. The van der Waals surface area contributed by atoms with Crippen molar-refractivity contribution in [1.29, 1.82) is 0 Å². The van der Waals surface area contributed by atoms with Crippen molar-refractivity contribution in [3.05, 3.63) is 145 Å². The molecule has 5 nitrogen and oxygen atoms in total. The van der Waals surface area contributed by atoms with Gasteiger partial charge >= 0.3 is 0 Å². The number of fused-ring (bicyclic) bond motifs is 5. The van der Waals surface area contributed by atoms with Crippen LogP contribution in [0.1, 0.15) is 0 Å². The van der Waals surface area contributed by atoms with E-state index in [0.29, 0.717) is 28.7 Å². The number of rotatable bonds is 3. The maximum absolute atomic E-state index is 13.9. The monoisotopic (exact) mass is 575 g/mol. The van der Waals surface area contributed by atoms with E-state index in [0.717, 1.165) is 43.6 Å². The van der Waals surface area contributed by atoms with E-state index in [-0.39, 0.29) is 11.6 Å². The molecule has 8 aromatic rings. The Morgan fingerprint density at radius 2 is 1.14 bits per heavy atom. The second kappa shape index (κ2) is 10.4. The predicted octanol–water partition coefficient (Wildman–Crippen LogP) is 9.34. The van der Waals surface area contributed by atoms with E-state index < -0.39 is 0 Å². The van der Waals surface area contributed by atoms with Crippen LogP contribution in [0.25, 0.3) is 72.3 Å². The minimum atomic E-state index is -0.355. The van der Waals surface area contributed by atoms with Crippen LogP contribution in [0, 0.1) is 11.6 Å². The van der Waals surface area contributed by atoms with Gasteiger partial charge in [0.25, 0.3) is 0 Å². The Kier molecular flexibility index (Phi) is 6.08. The SMILES string of the molecule is Fc1ccc(-c2nc(-c3ccc(F)cc3)nc(-n3c4cccc(c4)[nH]c4ccccc4c4cccc5ccc3cc54)n2)cc1. The second-order valence-electron chi connectivity index (χ2n) is 10.6. The molecule has 4 bridgehead atoms. The number of aromatic nitrogens is 5. The Morgan fingerprint density at radius 3 is 1.86 bits per heavy atom. The third kappa shape index (κ3) is 4.61. The summed E-state index contributed by atoms with van der Waals surface area (Å²) >= 11 is 0. The molecule has 0 saturated carbocycles. The van der Waals surface area contributed by atoms with Crippen LogP contribution in [0.3, 0.4) is 0 Å². The van der Waals surface area contributed by atoms with Gasteiger partial charge in [-0.15, -0.1) is 0 Å². The fourth-order valence-corrected chi connectivity index (χ4v) is 5.64. The highest BCUT2D eigenvalue weighted by molar-refractivity contribution is 6.11. The van der Waals surface area contributed by atoms with Gasteiger partial charge < -0.3 is 4.98 Å². The molecule has 0 aliphatic carbocycles. The lowest BCUT2D eigenvalue weighted by molar-refractivity contribution is 0.627. The molecular weight excluding hydrogens is 552 g/mol. The standard InChI is InChI=1S/C37H23F2N5/c38-26-16-11-24(12-17-26)35-41-36(25-13-18-27(39)19-14-25)43-37(42-35)44-29-7-4-6-28(21-29)40-34-10-2-1-8-32(34)31-9-3-5-23-15-20-30(44)22-33(23)31/h1-22,40H. The molecule has 210 valence electrons. The summed E-state index contributed by atoms with van der Waals surface area (Å²) in [6, 6.07) is 41.0. The summed E-state index contributed by atoms with van der Waals surface area (Å²) in [7, 11) is 0. The van der Waals surface area contributed by atoms with Crippen molar-refractivity contribution in [2.75, 3.05) is 0 Å². The molecule has 8 rings (SSSR count). The first kappa shape index (κ1) is 25.7. The maximum atomic E-state index is 13.9. The Morgan fingerprint density at radius 1 is 0.500 bits per heavy atom. The van der Waals surface area contributed by atoms with Crippen molar-refractivity contribution in [3.63, 3.8) is 0 Å². The average molecular weight is 576 g/mol. The molecule has 6 aromatic carbocycles. The van der Waals surface area contributed by atoms with Crippen LogP contribution < -0.4 is 0 Å². The van der Waals surface area contributed by atoms with E-state index in [2.05, 4.69) is 59.6 Å². The van der Waals surface area contributed by atoms with E-state index in [1.54, 1.807) is 24.3 Å². The number of halogens is 2. The molecule has 0 saturated heterocycles. The molecule has 0 aliphatic heterocycles. The molecule has 0 radical (unpaired) electrons. The van der Waals surface area contributed by atoms with Crippen LogP contribution in [0.4, 0.5) is 8.78 Å². The molecule has 0 amide bonds. The van der Waals surface area contributed by atoms with Crippen LogP contribution in [0.15, 0.2) is 133 Å². The van der Waals surface area contributed by atoms with Gasteiger partial charge in [-0.1, -0.05) is 48.5 Å². The number of hydrogen-bond acceptors (Lipinski definition) is 3. The van der Waals surface area contributed by atoms with Gasteiger partial charge in [0.05, 0.1) is 5.52 Å². The van der Waals surface area contributed by atoms with Gasteiger partial charge in [0.2, 0.25) is 5.95 Å². The first-order chi connectivity index (χ1) is 21.6.